The summed E-state index contributed by atoms with van der Waals surface area (Å²) in [6, 6.07) is 16.8. The van der Waals surface area contributed by atoms with E-state index in [2.05, 4.69) is 62.2 Å². The normalized spacial score (nSPS) is 14.2. The first-order valence-electron chi connectivity index (χ1n) is 7.25. The third-order valence-electron chi connectivity index (χ3n) is 4.00. The van der Waals surface area contributed by atoms with E-state index in [1.807, 2.05) is 12.1 Å². The maximum atomic E-state index is 6.32. The third kappa shape index (κ3) is 4.31. The predicted octanol–water partition coefficient (Wildman–Crippen LogP) is 4.34. The lowest BCUT2D eigenvalue weighted by Crippen LogP contribution is -2.31. The highest BCUT2D eigenvalue weighted by Gasteiger charge is 2.15. The van der Waals surface area contributed by atoms with E-state index in [4.69, 9.17) is 17.3 Å². The van der Waals surface area contributed by atoms with Gasteiger partial charge in [-0.2, -0.15) is 0 Å². The Labute approximate surface area is 132 Å². The van der Waals surface area contributed by atoms with Crippen molar-refractivity contribution in [1.29, 1.82) is 0 Å². The Morgan fingerprint density at radius 1 is 1.00 bits per heavy atom. The second kappa shape index (κ2) is 7.08. The van der Waals surface area contributed by atoms with Crippen molar-refractivity contribution in [2.24, 2.45) is 5.73 Å². The lowest BCUT2D eigenvalue weighted by molar-refractivity contribution is 0.246. The maximum absolute atomic E-state index is 6.32. The molecule has 0 bridgehead atoms. The molecule has 2 nitrogen and oxygen atoms in total. The van der Waals surface area contributed by atoms with Crippen LogP contribution < -0.4 is 5.73 Å². The molecule has 2 unspecified atom stereocenters. The van der Waals surface area contributed by atoms with Crippen LogP contribution >= 0.6 is 11.6 Å². The average Bonchev–Trinajstić information content (AvgIpc) is 2.47. The van der Waals surface area contributed by atoms with E-state index in [0.717, 1.165) is 11.6 Å². The van der Waals surface area contributed by atoms with Crippen LogP contribution in [-0.4, -0.2) is 18.5 Å². The molecule has 3 heteroatoms. The van der Waals surface area contributed by atoms with Gasteiger partial charge >= 0.3 is 0 Å². The second-order valence-corrected chi connectivity index (χ2v) is 6.12. The molecule has 0 radical (unpaired) electrons. The lowest BCUT2D eigenvalue weighted by atomic mass is 10.0. The van der Waals surface area contributed by atoms with Crippen LogP contribution in [0.5, 0.6) is 0 Å². The molecule has 0 saturated heterocycles. The number of benzene rings is 2. The summed E-state index contributed by atoms with van der Waals surface area (Å²) in [6.45, 7) is 5.09. The monoisotopic (exact) mass is 302 g/mol. The molecule has 0 spiro atoms. The van der Waals surface area contributed by atoms with E-state index in [1.54, 1.807) is 0 Å². The van der Waals surface area contributed by atoms with Crippen molar-refractivity contribution < 1.29 is 0 Å². The van der Waals surface area contributed by atoms with Crippen molar-refractivity contribution in [3.63, 3.8) is 0 Å². The van der Waals surface area contributed by atoms with Gasteiger partial charge < -0.3 is 5.73 Å². The Kier molecular flexibility index (Phi) is 5.40. The first kappa shape index (κ1) is 16.0. The van der Waals surface area contributed by atoms with Gasteiger partial charge in [0.15, 0.2) is 0 Å². The Hall–Kier alpha value is -1.35. The average molecular weight is 303 g/mol. The standard InChI is InChI=1S/C18H23ClN2/c1-13-4-6-16(7-5-13)18(20)12-21(3)14(2)15-8-10-17(19)11-9-15/h4-11,14,18H,12,20H2,1-3H3. The summed E-state index contributed by atoms with van der Waals surface area (Å²) in [5.74, 6) is 0. The van der Waals surface area contributed by atoms with Gasteiger partial charge in [-0.3, -0.25) is 4.90 Å². The number of aryl methyl sites for hydroxylation is 1. The fourth-order valence-electron chi connectivity index (χ4n) is 2.38. The predicted molar refractivity (Wildman–Crippen MR) is 90.6 cm³/mol. The van der Waals surface area contributed by atoms with Gasteiger partial charge in [-0.1, -0.05) is 53.6 Å². The zero-order chi connectivity index (χ0) is 15.4. The van der Waals surface area contributed by atoms with Gasteiger partial charge in [-0.05, 0) is 44.2 Å². The number of hydrogen-bond acceptors (Lipinski definition) is 2. The van der Waals surface area contributed by atoms with E-state index >= 15 is 0 Å². The smallest absolute Gasteiger partial charge is 0.0424 e. The zero-order valence-electron chi connectivity index (χ0n) is 12.9. The molecule has 2 rings (SSSR count). The number of halogens is 1. The van der Waals surface area contributed by atoms with Gasteiger partial charge in [0.1, 0.15) is 0 Å². The topological polar surface area (TPSA) is 29.3 Å². The van der Waals surface area contributed by atoms with Crippen molar-refractivity contribution in [3.8, 4) is 0 Å². The van der Waals surface area contributed by atoms with Crippen LogP contribution in [-0.2, 0) is 0 Å². The molecule has 2 atom stereocenters. The molecule has 21 heavy (non-hydrogen) atoms. The number of hydrogen-bond donors (Lipinski definition) is 1. The van der Waals surface area contributed by atoms with Crippen molar-refractivity contribution in [1.82, 2.24) is 4.90 Å². The minimum absolute atomic E-state index is 0.0188. The molecule has 0 amide bonds. The van der Waals surface area contributed by atoms with Crippen LogP contribution in [0.15, 0.2) is 48.5 Å². The Morgan fingerprint density at radius 3 is 2.10 bits per heavy atom. The van der Waals surface area contributed by atoms with E-state index in [0.29, 0.717) is 6.04 Å². The van der Waals surface area contributed by atoms with Gasteiger partial charge in [0, 0.05) is 23.7 Å². The summed E-state index contributed by atoms with van der Waals surface area (Å²) in [6.07, 6.45) is 0. The molecular weight excluding hydrogens is 280 g/mol. The highest BCUT2D eigenvalue weighted by molar-refractivity contribution is 6.30. The Bertz CT molecular complexity index is 563. The zero-order valence-corrected chi connectivity index (χ0v) is 13.6. The first-order chi connectivity index (χ1) is 9.97. The molecule has 2 aromatic carbocycles. The van der Waals surface area contributed by atoms with Crippen LogP contribution in [0.1, 0.15) is 35.7 Å². The highest BCUT2D eigenvalue weighted by Crippen LogP contribution is 2.23. The van der Waals surface area contributed by atoms with Crippen molar-refractivity contribution in [2.75, 3.05) is 13.6 Å². The van der Waals surface area contributed by atoms with E-state index in [-0.39, 0.29) is 6.04 Å². The number of likely N-dealkylation sites (N-methyl/N-ethyl adjacent to an activating group) is 1. The second-order valence-electron chi connectivity index (χ2n) is 5.68. The molecular formula is C18H23ClN2. The van der Waals surface area contributed by atoms with Gasteiger partial charge in [0.05, 0.1) is 0 Å². The van der Waals surface area contributed by atoms with Gasteiger partial charge in [-0.15, -0.1) is 0 Å². The first-order valence-corrected chi connectivity index (χ1v) is 7.63. The summed E-state index contributed by atoms with van der Waals surface area (Å²) in [5.41, 5.74) is 10.0. The summed E-state index contributed by atoms with van der Waals surface area (Å²) in [7, 11) is 2.10. The van der Waals surface area contributed by atoms with Crippen LogP contribution in [0, 0.1) is 6.92 Å². The summed E-state index contributed by atoms with van der Waals surface area (Å²) >= 11 is 5.94. The van der Waals surface area contributed by atoms with Crippen LogP contribution in [0.25, 0.3) is 0 Å². The molecule has 0 heterocycles. The minimum Gasteiger partial charge on any atom is -0.323 e. The number of rotatable bonds is 5. The molecule has 0 aliphatic carbocycles. The number of nitrogens with zero attached hydrogens (tertiary/aromatic N) is 1. The largest absolute Gasteiger partial charge is 0.323 e. The minimum atomic E-state index is 0.0188. The SMILES string of the molecule is Cc1ccc(C(N)CN(C)C(C)c2ccc(Cl)cc2)cc1. The summed E-state index contributed by atoms with van der Waals surface area (Å²) in [5, 5.41) is 0.768. The Morgan fingerprint density at radius 2 is 1.52 bits per heavy atom. The quantitative estimate of drug-likeness (QED) is 0.890. The van der Waals surface area contributed by atoms with Crippen LogP contribution in [0.3, 0.4) is 0 Å². The van der Waals surface area contributed by atoms with Gasteiger partial charge in [0.2, 0.25) is 0 Å². The number of nitrogens with two attached hydrogens (primary N) is 1. The summed E-state index contributed by atoms with van der Waals surface area (Å²) < 4.78 is 0. The van der Waals surface area contributed by atoms with Gasteiger partial charge in [-0.25, -0.2) is 0 Å². The van der Waals surface area contributed by atoms with Crippen molar-refractivity contribution in [2.45, 2.75) is 25.9 Å². The lowest BCUT2D eigenvalue weighted by Gasteiger charge is -2.28. The van der Waals surface area contributed by atoms with E-state index < -0.39 is 0 Å². The van der Waals surface area contributed by atoms with Crippen molar-refractivity contribution >= 4 is 11.6 Å². The third-order valence-corrected chi connectivity index (χ3v) is 4.26. The van der Waals surface area contributed by atoms with Crippen LogP contribution in [0.2, 0.25) is 5.02 Å². The molecule has 0 aromatic heterocycles. The molecule has 112 valence electrons. The fraction of sp³-hybridized carbons (Fsp3) is 0.333. The molecule has 2 N–H and O–H groups in total. The van der Waals surface area contributed by atoms with E-state index in [9.17, 15) is 0 Å². The van der Waals surface area contributed by atoms with Crippen LogP contribution in [0.4, 0.5) is 0 Å². The molecule has 0 saturated carbocycles. The fourth-order valence-corrected chi connectivity index (χ4v) is 2.51. The van der Waals surface area contributed by atoms with Gasteiger partial charge in [0.25, 0.3) is 0 Å². The van der Waals surface area contributed by atoms with E-state index in [1.165, 1.54) is 16.7 Å². The molecule has 2 aromatic rings. The Balaban J connectivity index is 2.01. The molecule has 0 aliphatic rings. The highest BCUT2D eigenvalue weighted by atomic mass is 35.5. The summed E-state index contributed by atoms with van der Waals surface area (Å²) in [4.78, 5) is 2.27. The maximum Gasteiger partial charge on any atom is 0.0424 e. The van der Waals surface area contributed by atoms with Crippen molar-refractivity contribution in [3.05, 3.63) is 70.2 Å². The molecule has 0 aliphatic heterocycles. The molecule has 0 fully saturated rings.